The summed E-state index contributed by atoms with van der Waals surface area (Å²) < 4.78 is 0. The highest BCUT2D eigenvalue weighted by Gasteiger charge is 2.17. The fourth-order valence-corrected chi connectivity index (χ4v) is 1.16. The van der Waals surface area contributed by atoms with Crippen LogP contribution in [0.1, 0.15) is 11.5 Å². The third-order valence-corrected chi connectivity index (χ3v) is 1.96. The maximum atomic E-state index is 3.97. The van der Waals surface area contributed by atoms with Gasteiger partial charge in [-0.15, -0.1) is 0 Å². The van der Waals surface area contributed by atoms with Gasteiger partial charge >= 0.3 is 0 Å². The second-order valence-corrected chi connectivity index (χ2v) is 2.64. The highest BCUT2D eigenvalue weighted by molar-refractivity contribution is 5.19. The fourth-order valence-electron chi connectivity index (χ4n) is 1.16. The van der Waals surface area contributed by atoms with Crippen LogP contribution in [-0.2, 0) is 0 Å². The Morgan fingerprint density at radius 3 is 2.50 bits per heavy atom. The molecule has 0 atom stereocenters. The van der Waals surface area contributed by atoms with Crippen LogP contribution in [0.4, 0.5) is 0 Å². The van der Waals surface area contributed by atoms with E-state index in [0.717, 1.165) is 19.0 Å². The van der Waals surface area contributed by atoms with Crippen molar-refractivity contribution in [2.75, 3.05) is 13.1 Å². The van der Waals surface area contributed by atoms with E-state index in [1.165, 1.54) is 5.56 Å². The van der Waals surface area contributed by atoms with Crippen molar-refractivity contribution in [1.82, 2.24) is 10.3 Å². The molecule has 1 saturated heterocycles. The summed E-state index contributed by atoms with van der Waals surface area (Å²) in [6.45, 7) is 2.26. The summed E-state index contributed by atoms with van der Waals surface area (Å²) in [6.07, 6.45) is 3.71. The summed E-state index contributed by atoms with van der Waals surface area (Å²) in [5.41, 5.74) is 1.41. The van der Waals surface area contributed by atoms with Crippen molar-refractivity contribution < 1.29 is 0 Å². The molecule has 0 saturated carbocycles. The minimum atomic E-state index is 0.739. The van der Waals surface area contributed by atoms with Gasteiger partial charge in [0.15, 0.2) is 0 Å². The van der Waals surface area contributed by atoms with Crippen LogP contribution in [0.3, 0.4) is 0 Å². The van der Waals surface area contributed by atoms with Gasteiger partial charge in [-0.3, -0.25) is 4.98 Å². The molecule has 2 rings (SSSR count). The molecule has 1 aromatic rings. The van der Waals surface area contributed by atoms with Crippen molar-refractivity contribution in [2.24, 2.45) is 0 Å². The molecule has 2 heterocycles. The lowest BCUT2D eigenvalue weighted by Crippen LogP contribution is -2.39. The predicted molar refractivity (Wildman–Crippen MR) is 39.8 cm³/mol. The third kappa shape index (κ3) is 0.907. The van der Waals surface area contributed by atoms with Gasteiger partial charge in [0.1, 0.15) is 0 Å². The number of nitrogens with zero attached hydrogens (tertiary/aromatic N) is 1. The van der Waals surface area contributed by atoms with Gasteiger partial charge in [-0.25, -0.2) is 0 Å². The summed E-state index contributed by atoms with van der Waals surface area (Å²) in [5.74, 6) is 0.739. The van der Waals surface area contributed by atoms with Crippen LogP contribution in [0, 0.1) is 0 Å². The third-order valence-electron chi connectivity index (χ3n) is 1.96. The van der Waals surface area contributed by atoms with Crippen LogP contribution in [-0.4, -0.2) is 18.1 Å². The molecule has 0 unspecified atom stereocenters. The smallest absolute Gasteiger partial charge is 0.0270 e. The first kappa shape index (κ1) is 5.86. The molecule has 1 aromatic heterocycles. The molecule has 0 aliphatic carbocycles. The Labute approximate surface area is 60.3 Å². The van der Waals surface area contributed by atoms with Crippen molar-refractivity contribution in [2.45, 2.75) is 5.92 Å². The van der Waals surface area contributed by atoms with E-state index >= 15 is 0 Å². The number of hydrogen-bond acceptors (Lipinski definition) is 2. The molecule has 0 amide bonds. The van der Waals surface area contributed by atoms with Crippen molar-refractivity contribution >= 4 is 0 Å². The summed E-state index contributed by atoms with van der Waals surface area (Å²) >= 11 is 0. The molecule has 0 radical (unpaired) electrons. The zero-order chi connectivity index (χ0) is 6.81. The van der Waals surface area contributed by atoms with Crippen LogP contribution in [0.2, 0.25) is 0 Å². The fraction of sp³-hybridized carbons (Fsp3) is 0.375. The number of aromatic nitrogens is 1. The van der Waals surface area contributed by atoms with Gasteiger partial charge in [0.2, 0.25) is 0 Å². The van der Waals surface area contributed by atoms with Crippen molar-refractivity contribution in [3.05, 3.63) is 30.1 Å². The zero-order valence-electron chi connectivity index (χ0n) is 5.75. The largest absolute Gasteiger partial charge is 0.315 e. The quantitative estimate of drug-likeness (QED) is 0.613. The Morgan fingerprint density at radius 1 is 1.30 bits per heavy atom. The molecule has 2 heteroatoms. The molecule has 1 N–H and O–H groups in total. The minimum Gasteiger partial charge on any atom is -0.315 e. The molecule has 10 heavy (non-hydrogen) atoms. The van der Waals surface area contributed by atoms with Crippen LogP contribution in [0.15, 0.2) is 24.5 Å². The van der Waals surface area contributed by atoms with Crippen LogP contribution >= 0.6 is 0 Å². The van der Waals surface area contributed by atoms with Gasteiger partial charge in [0.25, 0.3) is 0 Å². The van der Waals surface area contributed by atoms with Crippen molar-refractivity contribution in [3.63, 3.8) is 0 Å². The summed E-state index contributed by atoms with van der Waals surface area (Å²) in [5, 5.41) is 3.24. The summed E-state index contributed by atoms with van der Waals surface area (Å²) in [4.78, 5) is 3.97. The molecule has 0 aromatic carbocycles. The molecular weight excluding hydrogens is 124 g/mol. The number of nitrogens with one attached hydrogen (secondary N) is 1. The van der Waals surface area contributed by atoms with E-state index in [1.807, 2.05) is 12.4 Å². The lowest BCUT2D eigenvalue weighted by Gasteiger charge is -2.27. The van der Waals surface area contributed by atoms with Gasteiger partial charge < -0.3 is 5.32 Å². The van der Waals surface area contributed by atoms with E-state index in [2.05, 4.69) is 22.4 Å². The Kier molecular flexibility index (Phi) is 1.40. The summed E-state index contributed by atoms with van der Waals surface area (Å²) in [6, 6.07) is 4.18. The first-order chi connectivity index (χ1) is 4.97. The number of hydrogen-bond donors (Lipinski definition) is 1. The SMILES string of the molecule is c1cc(C2CNC2)ccn1. The van der Waals surface area contributed by atoms with Gasteiger partial charge in [-0.2, -0.15) is 0 Å². The standard InChI is InChI=1S/C8H10N2/c1-3-9-4-2-7(1)8-5-10-6-8/h1-4,8,10H,5-6H2. The Hall–Kier alpha value is -0.890. The van der Waals surface area contributed by atoms with Gasteiger partial charge in [0, 0.05) is 31.4 Å². The lowest BCUT2D eigenvalue weighted by atomic mass is 9.95. The van der Waals surface area contributed by atoms with E-state index in [4.69, 9.17) is 0 Å². The van der Waals surface area contributed by atoms with Crippen LogP contribution < -0.4 is 5.32 Å². The number of pyridine rings is 1. The molecule has 2 nitrogen and oxygen atoms in total. The molecule has 1 aliphatic heterocycles. The molecular formula is C8H10N2. The van der Waals surface area contributed by atoms with Gasteiger partial charge in [-0.05, 0) is 17.7 Å². The van der Waals surface area contributed by atoms with E-state index in [-0.39, 0.29) is 0 Å². The molecule has 1 aliphatic rings. The van der Waals surface area contributed by atoms with E-state index in [9.17, 15) is 0 Å². The average molecular weight is 134 g/mol. The average Bonchev–Trinajstić information content (AvgIpc) is 1.86. The highest BCUT2D eigenvalue weighted by atomic mass is 14.9. The monoisotopic (exact) mass is 134 g/mol. The lowest BCUT2D eigenvalue weighted by molar-refractivity contribution is 0.448. The summed E-state index contributed by atoms with van der Waals surface area (Å²) in [7, 11) is 0. The van der Waals surface area contributed by atoms with Crippen molar-refractivity contribution in [3.8, 4) is 0 Å². The van der Waals surface area contributed by atoms with Crippen LogP contribution in [0.25, 0.3) is 0 Å². The zero-order valence-corrected chi connectivity index (χ0v) is 5.75. The predicted octanol–water partition coefficient (Wildman–Crippen LogP) is 0.768. The Morgan fingerprint density at radius 2 is 2.00 bits per heavy atom. The topological polar surface area (TPSA) is 24.9 Å². The van der Waals surface area contributed by atoms with E-state index in [1.54, 1.807) is 0 Å². The molecule has 0 bridgehead atoms. The normalized spacial score (nSPS) is 18.4. The maximum Gasteiger partial charge on any atom is 0.0270 e. The number of rotatable bonds is 1. The van der Waals surface area contributed by atoms with E-state index < -0.39 is 0 Å². The first-order valence-corrected chi connectivity index (χ1v) is 3.57. The highest BCUT2D eigenvalue weighted by Crippen LogP contribution is 2.17. The maximum absolute atomic E-state index is 3.97. The second-order valence-electron chi connectivity index (χ2n) is 2.64. The van der Waals surface area contributed by atoms with Crippen LogP contribution in [0.5, 0.6) is 0 Å². The second kappa shape index (κ2) is 2.39. The Balaban J connectivity index is 2.18. The molecule has 52 valence electrons. The van der Waals surface area contributed by atoms with Crippen molar-refractivity contribution in [1.29, 1.82) is 0 Å². The van der Waals surface area contributed by atoms with E-state index in [0.29, 0.717) is 0 Å². The molecule has 0 spiro atoms. The van der Waals surface area contributed by atoms with Gasteiger partial charge in [0.05, 0.1) is 0 Å². The first-order valence-electron chi connectivity index (χ1n) is 3.57. The molecule has 1 fully saturated rings. The van der Waals surface area contributed by atoms with Gasteiger partial charge in [-0.1, -0.05) is 0 Å². The Bertz CT molecular complexity index is 204. The minimum absolute atomic E-state index is 0.739.